The van der Waals surface area contributed by atoms with Gasteiger partial charge in [0.15, 0.2) is 0 Å². The van der Waals surface area contributed by atoms with E-state index in [2.05, 4.69) is 18.8 Å². The van der Waals surface area contributed by atoms with Crippen molar-refractivity contribution in [2.45, 2.75) is 39.2 Å². The Kier molecular flexibility index (Phi) is 5.31. The molecular formula is C16H21FN2OS. The smallest absolute Gasteiger partial charge is 0.123 e. The topological polar surface area (TPSA) is 48.1 Å². The van der Waals surface area contributed by atoms with Crippen LogP contribution >= 0.6 is 11.3 Å². The molecule has 0 aliphatic rings. The van der Waals surface area contributed by atoms with E-state index in [1.54, 1.807) is 23.5 Å². The third kappa shape index (κ3) is 4.25. The fraction of sp³-hybridized carbons (Fsp3) is 0.438. The van der Waals surface area contributed by atoms with Gasteiger partial charge < -0.3 is 10.5 Å². The third-order valence-corrected chi connectivity index (χ3v) is 4.42. The summed E-state index contributed by atoms with van der Waals surface area (Å²) in [5, 5.41) is 1.04. The molecule has 0 aliphatic carbocycles. The van der Waals surface area contributed by atoms with Crippen molar-refractivity contribution < 1.29 is 9.13 Å². The van der Waals surface area contributed by atoms with E-state index < -0.39 is 0 Å². The lowest BCUT2D eigenvalue weighted by molar-refractivity contribution is 0.321. The second-order valence-electron chi connectivity index (χ2n) is 5.35. The van der Waals surface area contributed by atoms with Crippen molar-refractivity contribution in [3.63, 3.8) is 0 Å². The van der Waals surface area contributed by atoms with Crippen LogP contribution in [0.3, 0.4) is 0 Å². The lowest BCUT2D eigenvalue weighted by Gasteiger charge is -2.07. The molecule has 3 nitrogen and oxygen atoms in total. The molecule has 0 bridgehead atoms. The number of nitrogens with two attached hydrogens (primary N) is 1. The zero-order valence-corrected chi connectivity index (χ0v) is 13.4. The van der Waals surface area contributed by atoms with Gasteiger partial charge in [-0.3, -0.25) is 0 Å². The molecular weight excluding hydrogens is 287 g/mol. The first-order valence-corrected chi connectivity index (χ1v) is 7.92. The summed E-state index contributed by atoms with van der Waals surface area (Å²) >= 11 is 1.66. The highest BCUT2D eigenvalue weighted by Crippen LogP contribution is 2.29. The van der Waals surface area contributed by atoms with Crippen LogP contribution < -0.4 is 10.5 Å². The Labute approximate surface area is 129 Å². The largest absolute Gasteiger partial charge is 0.493 e. The second kappa shape index (κ2) is 7.00. The molecule has 0 radical (unpaired) electrons. The highest BCUT2D eigenvalue weighted by Gasteiger charge is 2.16. The van der Waals surface area contributed by atoms with Crippen molar-refractivity contribution in [3.05, 3.63) is 45.7 Å². The van der Waals surface area contributed by atoms with Crippen molar-refractivity contribution in [2.24, 2.45) is 5.73 Å². The van der Waals surface area contributed by atoms with Crippen LogP contribution in [0.5, 0.6) is 5.75 Å². The normalized spacial score (nSPS) is 12.7. The standard InChI is InChI=1S/C16H21FN2OS/c1-10(2)15-16(11(3)18)21-14(19-15)8-9-20-13-6-4-12(17)5-7-13/h4-7,10-11H,8-9,18H2,1-3H3. The zero-order valence-electron chi connectivity index (χ0n) is 12.6. The number of hydrogen-bond donors (Lipinski definition) is 1. The van der Waals surface area contributed by atoms with Gasteiger partial charge in [-0.15, -0.1) is 11.3 Å². The molecule has 0 saturated heterocycles. The summed E-state index contributed by atoms with van der Waals surface area (Å²) in [6, 6.07) is 6.05. The summed E-state index contributed by atoms with van der Waals surface area (Å²) in [7, 11) is 0. The lowest BCUT2D eigenvalue weighted by atomic mass is 10.1. The molecule has 1 atom stereocenters. The minimum atomic E-state index is -0.259. The van der Waals surface area contributed by atoms with E-state index in [1.807, 2.05) is 6.92 Å². The molecule has 0 aliphatic heterocycles. The first kappa shape index (κ1) is 15.9. The fourth-order valence-electron chi connectivity index (χ4n) is 2.03. The minimum absolute atomic E-state index is 0.00617. The van der Waals surface area contributed by atoms with Crippen molar-refractivity contribution in [1.29, 1.82) is 0 Å². The SMILES string of the molecule is CC(C)c1nc(CCOc2ccc(F)cc2)sc1C(C)N. The van der Waals surface area contributed by atoms with Gasteiger partial charge in [0.05, 0.1) is 17.3 Å². The van der Waals surface area contributed by atoms with E-state index >= 15 is 0 Å². The number of aromatic nitrogens is 1. The van der Waals surface area contributed by atoms with E-state index in [9.17, 15) is 4.39 Å². The Morgan fingerprint density at radius 1 is 1.24 bits per heavy atom. The van der Waals surface area contributed by atoms with Gasteiger partial charge in [0, 0.05) is 17.3 Å². The van der Waals surface area contributed by atoms with E-state index in [0.717, 1.165) is 22.0 Å². The van der Waals surface area contributed by atoms with Gasteiger partial charge in [0.1, 0.15) is 11.6 Å². The average Bonchev–Trinajstić information content (AvgIpc) is 2.86. The van der Waals surface area contributed by atoms with Crippen LogP contribution in [0.2, 0.25) is 0 Å². The zero-order chi connectivity index (χ0) is 15.4. The second-order valence-corrected chi connectivity index (χ2v) is 6.47. The van der Waals surface area contributed by atoms with E-state index in [0.29, 0.717) is 18.3 Å². The van der Waals surface area contributed by atoms with Crippen LogP contribution in [-0.2, 0) is 6.42 Å². The van der Waals surface area contributed by atoms with Gasteiger partial charge in [0.25, 0.3) is 0 Å². The van der Waals surface area contributed by atoms with Gasteiger partial charge in [-0.1, -0.05) is 13.8 Å². The molecule has 2 N–H and O–H groups in total. The van der Waals surface area contributed by atoms with Gasteiger partial charge >= 0.3 is 0 Å². The quantitative estimate of drug-likeness (QED) is 0.876. The number of halogens is 1. The monoisotopic (exact) mass is 308 g/mol. The molecule has 1 heterocycles. The Morgan fingerprint density at radius 3 is 2.43 bits per heavy atom. The first-order chi connectivity index (χ1) is 9.97. The highest BCUT2D eigenvalue weighted by molar-refractivity contribution is 7.11. The molecule has 1 aromatic carbocycles. The number of nitrogens with zero attached hydrogens (tertiary/aromatic N) is 1. The fourth-order valence-corrected chi connectivity index (χ4v) is 3.18. The molecule has 1 aromatic heterocycles. The van der Waals surface area contributed by atoms with Gasteiger partial charge in [-0.2, -0.15) is 0 Å². The van der Waals surface area contributed by atoms with Crippen molar-refractivity contribution in [2.75, 3.05) is 6.61 Å². The third-order valence-electron chi connectivity index (χ3n) is 3.08. The summed E-state index contributed by atoms with van der Waals surface area (Å²) in [5.41, 5.74) is 7.09. The highest BCUT2D eigenvalue weighted by atomic mass is 32.1. The number of hydrogen-bond acceptors (Lipinski definition) is 4. The van der Waals surface area contributed by atoms with Crippen molar-refractivity contribution >= 4 is 11.3 Å². The summed E-state index contributed by atoms with van der Waals surface area (Å²) < 4.78 is 18.4. The van der Waals surface area contributed by atoms with Gasteiger partial charge in [0.2, 0.25) is 0 Å². The predicted octanol–water partition coefficient (Wildman–Crippen LogP) is 4.05. The summed E-state index contributed by atoms with van der Waals surface area (Å²) in [4.78, 5) is 5.83. The first-order valence-electron chi connectivity index (χ1n) is 7.10. The molecule has 0 fully saturated rings. The van der Waals surface area contributed by atoms with Crippen LogP contribution in [0.15, 0.2) is 24.3 Å². The number of thiazole rings is 1. The predicted molar refractivity (Wildman–Crippen MR) is 84.4 cm³/mol. The van der Waals surface area contributed by atoms with Crippen molar-refractivity contribution in [3.8, 4) is 5.75 Å². The van der Waals surface area contributed by atoms with E-state index in [4.69, 9.17) is 10.5 Å². The van der Waals surface area contributed by atoms with Gasteiger partial charge in [-0.25, -0.2) is 9.37 Å². The van der Waals surface area contributed by atoms with Crippen LogP contribution in [0.25, 0.3) is 0 Å². The molecule has 5 heteroatoms. The maximum Gasteiger partial charge on any atom is 0.123 e. The Balaban J connectivity index is 1.97. The minimum Gasteiger partial charge on any atom is -0.493 e. The maximum absolute atomic E-state index is 12.8. The Hall–Kier alpha value is -1.46. The Bertz CT molecular complexity index is 553. The molecule has 0 spiro atoms. The average molecular weight is 308 g/mol. The molecule has 114 valence electrons. The number of benzene rings is 1. The summed E-state index contributed by atoms with van der Waals surface area (Å²) in [6.07, 6.45) is 0.731. The van der Waals surface area contributed by atoms with Gasteiger partial charge in [-0.05, 0) is 37.1 Å². The summed E-state index contributed by atoms with van der Waals surface area (Å²) in [5.74, 6) is 0.781. The summed E-state index contributed by atoms with van der Waals surface area (Å²) in [6.45, 7) is 6.76. The van der Waals surface area contributed by atoms with Crippen LogP contribution in [0.4, 0.5) is 4.39 Å². The van der Waals surface area contributed by atoms with Crippen molar-refractivity contribution in [1.82, 2.24) is 4.98 Å². The maximum atomic E-state index is 12.8. The van der Waals surface area contributed by atoms with E-state index in [1.165, 1.54) is 12.1 Å². The molecule has 21 heavy (non-hydrogen) atoms. The molecule has 2 rings (SSSR count). The van der Waals surface area contributed by atoms with Crippen LogP contribution in [0.1, 0.15) is 48.3 Å². The molecule has 0 amide bonds. The lowest BCUT2D eigenvalue weighted by Crippen LogP contribution is -2.06. The number of ether oxygens (including phenoxy) is 1. The molecule has 1 unspecified atom stereocenters. The van der Waals surface area contributed by atoms with Crippen LogP contribution in [-0.4, -0.2) is 11.6 Å². The van der Waals surface area contributed by atoms with Crippen LogP contribution in [0, 0.1) is 5.82 Å². The molecule has 2 aromatic rings. The molecule has 0 saturated carbocycles. The number of rotatable bonds is 6. The Morgan fingerprint density at radius 2 is 1.90 bits per heavy atom. The van der Waals surface area contributed by atoms with E-state index in [-0.39, 0.29) is 11.9 Å².